The zero-order valence-corrected chi connectivity index (χ0v) is 23.0. The van der Waals surface area contributed by atoms with Crippen molar-refractivity contribution in [2.45, 2.75) is 51.4 Å². The Morgan fingerprint density at radius 2 is 1.65 bits per heavy atom. The third kappa shape index (κ3) is 7.38. The number of rotatable bonds is 7. The summed E-state index contributed by atoms with van der Waals surface area (Å²) >= 11 is 0. The van der Waals surface area contributed by atoms with Crippen LogP contribution in [0.25, 0.3) is 0 Å². The number of halogens is 2. The zero-order valence-electron chi connectivity index (χ0n) is 21.4. The monoisotopic (exact) mass is 576 g/mol. The van der Waals surface area contributed by atoms with E-state index in [1.165, 1.54) is 24.3 Å². The number of hydrogen-bond acceptors (Lipinski definition) is 5. The fourth-order valence-corrected chi connectivity index (χ4v) is 5.17. The first-order valence-electron chi connectivity index (χ1n) is 12.4. The molecule has 0 aromatic heterocycles. The first-order valence-corrected chi connectivity index (χ1v) is 12.4. The molecular weight excluding hydrogens is 543 g/mol. The molecule has 3 aliphatic rings. The number of amides is 1. The number of benzene rings is 2. The van der Waals surface area contributed by atoms with Crippen LogP contribution in [0, 0.1) is 11.7 Å². The summed E-state index contributed by atoms with van der Waals surface area (Å²) in [5.74, 6) is -0.756. The minimum absolute atomic E-state index is 0. The molecule has 2 atom stereocenters. The van der Waals surface area contributed by atoms with Crippen molar-refractivity contribution in [3.63, 3.8) is 0 Å². The van der Waals surface area contributed by atoms with Crippen LogP contribution in [0.3, 0.4) is 0 Å². The molecule has 1 amide bonds. The smallest absolute Gasteiger partial charge is 0.408 e. The number of Topliss-reactive ketones (excluding diaryl/α,β-unsaturated/α-hetero) is 1. The quantitative estimate of drug-likeness (QED) is 0.306. The van der Waals surface area contributed by atoms with Gasteiger partial charge in [0.25, 0.3) is 0 Å². The molecule has 7 nitrogen and oxygen atoms in total. The molecule has 37 heavy (non-hydrogen) atoms. The zero-order chi connectivity index (χ0) is 25.9. The summed E-state index contributed by atoms with van der Waals surface area (Å²) < 4.78 is 25.2. The van der Waals surface area contributed by atoms with Crippen LogP contribution < -0.4 is 22.3 Å². The van der Waals surface area contributed by atoms with E-state index in [0.29, 0.717) is 22.2 Å². The van der Waals surface area contributed by atoms with Gasteiger partial charge in [-0.05, 0) is 50.6 Å². The molecule has 3 saturated heterocycles. The van der Waals surface area contributed by atoms with Gasteiger partial charge in [0.2, 0.25) is 5.78 Å². The lowest BCUT2D eigenvalue weighted by atomic mass is 9.82. The van der Waals surface area contributed by atoms with Gasteiger partial charge < -0.3 is 36.3 Å². The van der Waals surface area contributed by atoms with Crippen molar-refractivity contribution in [2.24, 2.45) is 5.92 Å². The number of piperidine rings is 3. The highest BCUT2D eigenvalue weighted by molar-refractivity contribution is 5.97. The molecule has 0 aliphatic carbocycles. The molecule has 0 spiro atoms. The van der Waals surface area contributed by atoms with Gasteiger partial charge in [0.15, 0.2) is 12.1 Å². The first-order chi connectivity index (χ1) is 17.0. The molecule has 1 N–H and O–H groups in total. The number of nitrogens with zero attached hydrogens (tertiary/aromatic N) is 1. The Labute approximate surface area is 227 Å². The summed E-state index contributed by atoms with van der Waals surface area (Å²) in [5, 5.41) is 2.67. The van der Waals surface area contributed by atoms with Crippen LogP contribution in [0.15, 0.2) is 54.6 Å². The molecule has 2 aromatic rings. The van der Waals surface area contributed by atoms with Gasteiger partial charge in [0.05, 0.1) is 13.1 Å². The largest absolute Gasteiger partial charge is 1.00 e. The number of carbonyl (C=O) groups excluding carboxylic acids is 3. The van der Waals surface area contributed by atoms with Crippen LogP contribution in [-0.2, 0) is 14.3 Å². The summed E-state index contributed by atoms with van der Waals surface area (Å²) in [6.45, 7) is 7.76. The van der Waals surface area contributed by atoms with Crippen LogP contribution in [-0.4, -0.2) is 60.2 Å². The lowest BCUT2D eigenvalue weighted by Crippen LogP contribution is -3.00. The number of esters is 1. The highest BCUT2D eigenvalue weighted by Crippen LogP contribution is 2.36. The maximum Gasteiger partial charge on any atom is 0.408 e. The molecule has 9 heteroatoms. The van der Waals surface area contributed by atoms with E-state index in [9.17, 15) is 18.8 Å². The van der Waals surface area contributed by atoms with Gasteiger partial charge in [-0.3, -0.25) is 4.79 Å². The van der Waals surface area contributed by atoms with Gasteiger partial charge in [-0.25, -0.2) is 14.0 Å². The van der Waals surface area contributed by atoms with E-state index in [2.05, 4.69) is 5.32 Å². The highest BCUT2D eigenvalue weighted by atomic mass is 79.9. The van der Waals surface area contributed by atoms with Crippen molar-refractivity contribution >= 4 is 17.8 Å². The molecule has 3 aliphatic heterocycles. The summed E-state index contributed by atoms with van der Waals surface area (Å²) in [5.41, 5.74) is 0.374. The van der Waals surface area contributed by atoms with Crippen molar-refractivity contribution in [1.82, 2.24) is 5.32 Å². The van der Waals surface area contributed by atoms with Crippen molar-refractivity contribution in [2.75, 3.05) is 26.2 Å². The minimum atomic E-state index is -1.01. The first kappa shape index (κ1) is 28.8. The standard InChI is InChI=1S/C28H33FN2O5.BrH/c1-28(2,3)36-27(34)30-25(21-7-5-4-6-8-21)26(33)35-24-18-31(15-13-20(24)14-16-31)17-23(32)19-9-11-22(29)12-10-19;/h4-12,20,24-25H,13-18H2,1-3H3;1H/t20?,24-,25?,31?;/m0./s1. The molecular formula is C28H34BrFN2O5. The third-order valence-electron chi connectivity index (χ3n) is 6.98. The molecule has 5 rings (SSSR count). The average molecular weight is 577 g/mol. The molecule has 0 radical (unpaired) electrons. The van der Waals surface area contributed by atoms with E-state index >= 15 is 0 Å². The number of ketones is 1. The van der Waals surface area contributed by atoms with E-state index in [0.717, 1.165) is 25.9 Å². The normalized spacial score (nSPS) is 23.4. The SMILES string of the molecule is CC(C)(C)OC(=O)NC(C(=O)O[C@H]1C[N+]2(CC(=O)c3ccc(F)cc3)CCC1CC2)c1ccccc1.[Br-]. The van der Waals surface area contributed by atoms with E-state index in [-0.39, 0.29) is 47.1 Å². The van der Waals surface area contributed by atoms with Gasteiger partial charge in [-0.1, -0.05) is 30.3 Å². The maximum atomic E-state index is 13.4. The highest BCUT2D eigenvalue weighted by Gasteiger charge is 2.49. The second kappa shape index (κ2) is 11.7. The van der Waals surface area contributed by atoms with Crippen molar-refractivity contribution in [3.05, 3.63) is 71.5 Å². The Bertz CT molecular complexity index is 1100. The van der Waals surface area contributed by atoms with Gasteiger partial charge >= 0.3 is 12.1 Å². The van der Waals surface area contributed by atoms with Crippen LogP contribution in [0.1, 0.15) is 55.6 Å². The summed E-state index contributed by atoms with van der Waals surface area (Å²) in [4.78, 5) is 38.8. The second-order valence-corrected chi connectivity index (χ2v) is 10.9. The van der Waals surface area contributed by atoms with E-state index in [1.807, 2.05) is 6.07 Å². The molecule has 2 aromatic carbocycles. The summed E-state index contributed by atoms with van der Waals surface area (Å²) in [6.07, 6.45) is 0.650. The molecule has 3 heterocycles. The fourth-order valence-electron chi connectivity index (χ4n) is 5.17. The number of carbonyl (C=O) groups is 3. The van der Waals surface area contributed by atoms with Crippen LogP contribution in [0.5, 0.6) is 0 Å². The van der Waals surface area contributed by atoms with Gasteiger partial charge in [0.1, 0.15) is 24.5 Å². The Morgan fingerprint density at radius 1 is 1.03 bits per heavy atom. The van der Waals surface area contributed by atoms with Gasteiger partial charge in [-0.15, -0.1) is 0 Å². The number of alkyl carbamates (subject to hydrolysis) is 1. The van der Waals surface area contributed by atoms with Crippen molar-refractivity contribution < 1.29 is 49.7 Å². The molecule has 3 fully saturated rings. The number of fused-ring (bicyclic) bond motifs is 3. The summed E-state index contributed by atoms with van der Waals surface area (Å²) in [7, 11) is 0. The van der Waals surface area contributed by atoms with Crippen LogP contribution in [0.2, 0.25) is 0 Å². The van der Waals surface area contributed by atoms with E-state index in [1.54, 1.807) is 45.0 Å². The number of ether oxygens (including phenoxy) is 2. The van der Waals surface area contributed by atoms with Crippen LogP contribution in [0.4, 0.5) is 9.18 Å². The number of quaternary nitrogens is 1. The number of nitrogens with one attached hydrogen (secondary N) is 1. The molecule has 1 unspecified atom stereocenters. The van der Waals surface area contributed by atoms with Gasteiger partial charge in [0, 0.05) is 24.3 Å². The van der Waals surface area contributed by atoms with E-state index in [4.69, 9.17) is 9.47 Å². The third-order valence-corrected chi connectivity index (χ3v) is 6.98. The minimum Gasteiger partial charge on any atom is -1.00 e. The Hall–Kier alpha value is -2.78. The topological polar surface area (TPSA) is 81.7 Å². The predicted octanol–water partition coefficient (Wildman–Crippen LogP) is 1.43. The molecule has 0 saturated carbocycles. The van der Waals surface area contributed by atoms with Gasteiger partial charge in [-0.2, -0.15) is 0 Å². The van der Waals surface area contributed by atoms with Crippen LogP contribution >= 0.6 is 0 Å². The fraction of sp³-hybridized carbons (Fsp3) is 0.464. The summed E-state index contributed by atoms with van der Waals surface area (Å²) in [6, 6.07) is 13.5. The average Bonchev–Trinajstić information content (AvgIpc) is 2.83. The Morgan fingerprint density at radius 3 is 2.24 bits per heavy atom. The second-order valence-electron chi connectivity index (χ2n) is 10.9. The lowest BCUT2D eigenvalue weighted by Gasteiger charge is -2.51. The Balaban J connectivity index is 0.00000380. The van der Waals surface area contributed by atoms with Crippen molar-refractivity contribution in [3.8, 4) is 0 Å². The molecule has 200 valence electrons. The maximum absolute atomic E-state index is 13.4. The lowest BCUT2D eigenvalue weighted by molar-refractivity contribution is -0.938. The number of hydrogen-bond donors (Lipinski definition) is 1. The van der Waals surface area contributed by atoms with E-state index < -0.39 is 23.7 Å². The molecule has 2 bridgehead atoms. The predicted molar refractivity (Wildman–Crippen MR) is 132 cm³/mol. The Kier molecular flexibility index (Phi) is 9.13. The van der Waals surface area contributed by atoms with Crippen molar-refractivity contribution in [1.29, 1.82) is 0 Å².